The van der Waals surface area contributed by atoms with Gasteiger partial charge in [-0.15, -0.1) is 35.3 Å². The number of aliphatic imine (C=N–C) groups is 1. The van der Waals surface area contributed by atoms with Gasteiger partial charge in [-0.1, -0.05) is 13.8 Å². The lowest BCUT2D eigenvalue weighted by molar-refractivity contribution is 0.390. The fourth-order valence-electron chi connectivity index (χ4n) is 2.23. The van der Waals surface area contributed by atoms with Gasteiger partial charge in [0.2, 0.25) is 0 Å². The van der Waals surface area contributed by atoms with Crippen LogP contribution >= 0.6 is 35.3 Å². The van der Waals surface area contributed by atoms with Gasteiger partial charge in [0.05, 0.1) is 26.5 Å². The van der Waals surface area contributed by atoms with E-state index in [0.717, 1.165) is 33.7 Å². The smallest absolute Gasteiger partial charge is 0.191 e. The summed E-state index contributed by atoms with van der Waals surface area (Å²) in [6, 6.07) is 5.77. The Balaban J connectivity index is 0.00000338. The van der Waals surface area contributed by atoms with Gasteiger partial charge >= 0.3 is 0 Å². The highest BCUT2D eigenvalue weighted by atomic mass is 127. The van der Waals surface area contributed by atoms with Crippen molar-refractivity contribution in [2.75, 3.05) is 21.3 Å². The molecule has 26 heavy (non-hydrogen) atoms. The Morgan fingerprint density at radius 1 is 1.19 bits per heavy atom. The van der Waals surface area contributed by atoms with Crippen LogP contribution in [0.25, 0.3) is 0 Å². The molecule has 1 aromatic carbocycles. The van der Waals surface area contributed by atoms with Gasteiger partial charge < -0.3 is 20.1 Å². The first kappa shape index (κ1) is 22.5. The number of hydrogen-bond acceptors (Lipinski definition) is 5. The number of rotatable bonds is 7. The molecule has 8 heteroatoms. The predicted molar refractivity (Wildman–Crippen MR) is 118 cm³/mol. The second-order valence-corrected chi connectivity index (χ2v) is 6.72. The molecule has 0 unspecified atom stereocenters. The molecule has 0 bridgehead atoms. The minimum atomic E-state index is 0. The molecule has 0 atom stereocenters. The van der Waals surface area contributed by atoms with Crippen LogP contribution in [0.3, 0.4) is 0 Å². The van der Waals surface area contributed by atoms with E-state index in [0.29, 0.717) is 19.0 Å². The fraction of sp³-hybridized carbons (Fsp3) is 0.444. The van der Waals surface area contributed by atoms with Gasteiger partial charge in [-0.2, -0.15) is 0 Å². The van der Waals surface area contributed by atoms with Gasteiger partial charge in [-0.05, 0) is 18.1 Å². The minimum Gasteiger partial charge on any atom is -0.497 e. The summed E-state index contributed by atoms with van der Waals surface area (Å²) in [4.78, 5) is 8.88. The number of aromatic nitrogens is 1. The standard InChI is InChI=1S/C18H26N4O2S.HI/c1-12(2)15-11-25-17(22-15)10-21-18(19-3)20-9-13-6-7-14(23-4)8-16(13)24-5;/h6-8,11-12H,9-10H2,1-5H3,(H2,19,20,21);1H. The van der Waals surface area contributed by atoms with E-state index in [1.807, 2.05) is 18.2 Å². The number of ether oxygens (including phenoxy) is 2. The average molecular weight is 490 g/mol. The molecule has 0 amide bonds. The zero-order chi connectivity index (χ0) is 18.2. The van der Waals surface area contributed by atoms with Gasteiger partial charge in [-0.3, -0.25) is 4.99 Å². The molecule has 1 heterocycles. The van der Waals surface area contributed by atoms with E-state index in [1.165, 1.54) is 0 Å². The monoisotopic (exact) mass is 490 g/mol. The normalized spacial score (nSPS) is 11.1. The summed E-state index contributed by atoms with van der Waals surface area (Å²) in [5, 5.41) is 9.74. The summed E-state index contributed by atoms with van der Waals surface area (Å²) in [5.74, 6) is 2.72. The topological polar surface area (TPSA) is 67.8 Å². The number of thiazole rings is 1. The van der Waals surface area contributed by atoms with E-state index >= 15 is 0 Å². The Bertz CT molecular complexity index is 719. The summed E-state index contributed by atoms with van der Waals surface area (Å²) in [7, 11) is 5.05. The Labute approximate surface area is 176 Å². The summed E-state index contributed by atoms with van der Waals surface area (Å²) in [6.07, 6.45) is 0. The van der Waals surface area contributed by atoms with Gasteiger partial charge in [-0.25, -0.2) is 4.98 Å². The summed E-state index contributed by atoms with van der Waals surface area (Å²) in [5.41, 5.74) is 2.16. The molecular weight excluding hydrogens is 463 g/mol. The SMILES string of the molecule is CN=C(NCc1nc(C(C)C)cs1)NCc1ccc(OC)cc1OC.I. The highest BCUT2D eigenvalue weighted by Crippen LogP contribution is 2.24. The van der Waals surface area contributed by atoms with Crippen molar-refractivity contribution in [1.29, 1.82) is 0 Å². The first-order valence-electron chi connectivity index (χ1n) is 8.17. The van der Waals surface area contributed by atoms with E-state index in [-0.39, 0.29) is 24.0 Å². The molecule has 0 aliphatic carbocycles. The number of benzene rings is 1. The highest BCUT2D eigenvalue weighted by molar-refractivity contribution is 14.0. The lowest BCUT2D eigenvalue weighted by atomic mass is 10.2. The molecule has 2 aromatic rings. The van der Waals surface area contributed by atoms with Crippen molar-refractivity contribution >= 4 is 41.3 Å². The van der Waals surface area contributed by atoms with Crippen molar-refractivity contribution in [2.24, 2.45) is 4.99 Å². The Hall–Kier alpha value is -1.55. The molecular formula is C18H27IN4O2S. The Morgan fingerprint density at radius 3 is 2.50 bits per heavy atom. The highest BCUT2D eigenvalue weighted by Gasteiger charge is 2.08. The first-order valence-corrected chi connectivity index (χ1v) is 9.05. The summed E-state index contributed by atoms with van der Waals surface area (Å²) in [6.45, 7) is 5.54. The average Bonchev–Trinajstić information content (AvgIpc) is 3.11. The number of nitrogens with zero attached hydrogens (tertiary/aromatic N) is 2. The van der Waals surface area contributed by atoms with Crippen LogP contribution in [0.5, 0.6) is 11.5 Å². The number of guanidine groups is 1. The number of methoxy groups -OCH3 is 2. The summed E-state index contributed by atoms with van der Waals surface area (Å²) >= 11 is 1.66. The number of hydrogen-bond donors (Lipinski definition) is 2. The minimum absolute atomic E-state index is 0. The lowest BCUT2D eigenvalue weighted by Crippen LogP contribution is -2.36. The van der Waals surface area contributed by atoms with Gasteiger partial charge in [0, 0.05) is 30.6 Å². The van der Waals surface area contributed by atoms with Crippen LogP contribution in [0, 0.1) is 0 Å². The summed E-state index contributed by atoms with van der Waals surface area (Å²) < 4.78 is 10.6. The molecule has 2 N–H and O–H groups in total. The van der Waals surface area contributed by atoms with E-state index in [9.17, 15) is 0 Å². The zero-order valence-corrected chi connectivity index (χ0v) is 19.0. The van der Waals surface area contributed by atoms with E-state index in [2.05, 4.69) is 39.8 Å². The molecule has 144 valence electrons. The molecule has 1 aromatic heterocycles. The van der Waals surface area contributed by atoms with Crippen LogP contribution in [-0.2, 0) is 13.1 Å². The van der Waals surface area contributed by atoms with E-state index in [1.54, 1.807) is 32.6 Å². The lowest BCUT2D eigenvalue weighted by Gasteiger charge is -2.14. The van der Waals surface area contributed by atoms with Crippen molar-refractivity contribution in [1.82, 2.24) is 15.6 Å². The van der Waals surface area contributed by atoms with Crippen molar-refractivity contribution < 1.29 is 9.47 Å². The molecule has 0 radical (unpaired) electrons. The van der Waals surface area contributed by atoms with Crippen LogP contribution in [0.15, 0.2) is 28.6 Å². The van der Waals surface area contributed by atoms with Crippen LogP contribution < -0.4 is 20.1 Å². The van der Waals surface area contributed by atoms with Crippen molar-refractivity contribution in [3.63, 3.8) is 0 Å². The van der Waals surface area contributed by atoms with Gasteiger partial charge in [0.25, 0.3) is 0 Å². The zero-order valence-electron chi connectivity index (χ0n) is 15.8. The number of halogens is 1. The number of nitrogens with one attached hydrogen (secondary N) is 2. The molecule has 0 saturated carbocycles. The van der Waals surface area contributed by atoms with Crippen molar-refractivity contribution in [2.45, 2.75) is 32.9 Å². The third kappa shape index (κ3) is 6.31. The molecule has 0 fully saturated rings. The fourth-order valence-corrected chi connectivity index (χ4v) is 3.12. The largest absolute Gasteiger partial charge is 0.497 e. The molecule has 0 saturated heterocycles. The quantitative estimate of drug-likeness (QED) is 0.352. The maximum atomic E-state index is 5.42. The van der Waals surface area contributed by atoms with E-state index < -0.39 is 0 Å². The predicted octanol–water partition coefficient (Wildman–Crippen LogP) is 3.77. The third-order valence-electron chi connectivity index (χ3n) is 3.73. The molecule has 0 aliphatic heterocycles. The van der Waals surface area contributed by atoms with Crippen molar-refractivity contribution in [3.8, 4) is 11.5 Å². The van der Waals surface area contributed by atoms with Crippen LogP contribution in [0.1, 0.15) is 36.0 Å². The van der Waals surface area contributed by atoms with E-state index in [4.69, 9.17) is 9.47 Å². The molecule has 0 spiro atoms. The first-order chi connectivity index (χ1) is 12.1. The Kier molecular flexibility index (Phi) is 9.71. The van der Waals surface area contributed by atoms with Gasteiger partial charge in [0.1, 0.15) is 16.5 Å². The third-order valence-corrected chi connectivity index (χ3v) is 4.60. The molecule has 2 rings (SSSR count). The molecule has 0 aliphatic rings. The van der Waals surface area contributed by atoms with Crippen LogP contribution in [-0.4, -0.2) is 32.2 Å². The van der Waals surface area contributed by atoms with Crippen LogP contribution in [0.4, 0.5) is 0 Å². The maximum Gasteiger partial charge on any atom is 0.191 e. The van der Waals surface area contributed by atoms with Crippen LogP contribution in [0.2, 0.25) is 0 Å². The Morgan fingerprint density at radius 2 is 1.92 bits per heavy atom. The second kappa shape index (κ2) is 11.2. The maximum absolute atomic E-state index is 5.42. The van der Waals surface area contributed by atoms with Crippen molar-refractivity contribution in [3.05, 3.63) is 39.8 Å². The second-order valence-electron chi connectivity index (χ2n) is 5.78. The van der Waals surface area contributed by atoms with Gasteiger partial charge in [0.15, 0.2) is 5.96 Å². The molecule has 6 nitrogen and oxygen atoms in total.